The second kappa shape index (κ2) is 7.32. The number of para-hydroxylation sites is 1. The fourth-order valence-electron chi connectivity index (χ4n) is 2.96. The predicted molar refractivity (Wildman–Crippen MR) is 104 cm³/mol. The van der Waals surface area contributed by atoms with E-state index in [0.717, 1.165) is 28.1 Å². The van der Waals surface area contributed by atoms with E-state index in [9.17, 15) is 14.0 Å². The van der Waals surface area contributed by atoms with Crippen molar-refractivity contribution in [2.75, 3.05) is 0 Å². The molecule has 0 saturated carbocycles. The summed E-state index contributed by atoms with van der Waals surface area (Å²) in [5, 5.41) is 12.6. The van der Waals surface area contributed by atoms with Crippen LogP contribution in [0.4, 0.5) is 9.18 Å². The van der Waals surface area contributed by atoms with Gasteiger partial charge in [0, 0.05) is 6.07 Å². The molecule has 0 fully saturated rings. The molecule has 0 aliphatic rings. The Bertz CT molecular complexity index is 1320. The summed E-state index contributed by atoms with van der Waals surface area (Å²) >= 11 is 0. The van der Waals surface area contributed by atoms with Gasteiger partial charge in [-0.15, -0.1) is 0 Å². The van der Waals surface area contributed by atoms with Gasteiger partial charge in [0.2, 0.25) is 5.95 Å². The highest BCUT2D eigenvalue weighted by Crippen LogP contribution is 2.31. The molecular weight excluding hydrogens is 395 g/mol. The van der Waals surface area contributed by atoms with Crippen molar-refractivity contribution in [3.63, 3.8) is 0 Å². The van der Waals surface area contributed by atoms with Gasteiger partial charge >= 0.3 is 6.16 Å². The van der Waals surface area contributed by atoms with Crippen molar-refractivity contribution in [1.29, 1.82) is 0 Å². The minimum absolute atomic E-state index is 0.0319. The molecule has 9 nitrogen and oxygen atoms in total. The highest BCUT2D eigenvalue weighted by Gasteiger charge is 2.15. The molecule has 2 aromatic heterocycles. The zero-order chi connectivity index (χ0) is 21.4. The summed E-state index contributed by atoms with van der Waals surface area (Å²) in [6.45, 7) is 3.68. The molecule has 4 aromatic rings. The van der Waals surface area contributed by atoms with Gasteiger partial charge in [-0.1, -0.05) is 18.2 Å². The van der Waals surface area contributed by atoms with Crippen LogP contribution in [0, 0.1) is 19.7 Å². The summed E-state index contributed by atoms with van der Waals surface area (Å²) < 4.78 is 26.0. The Morgan fingerprint density at radius 2 is 1.97 bits per heavy atom. The number of carboxylic acid groups (broad SMARTS) is 1. The fourth-order valence-corrected chi connectivity index (χ4v) is 2.96. The smallest absolute Gasteiger partial charge is 0.454 e. The summed E-state index contributed by atoms with van der Waals surface area (Å²) in [4.78, 5) is 29.9. The number of hydrogen-bond donors (Lipinski definition) is 2. The molecule has 0 unspecified atom stereocenters. The number of aryl methyl sites for hydroxylation is 2. The SMILES string of the molecule is Cc1cccc(C)c1Oc1cc2c(=O)[nH]c(-n3cc(OC(=O)O)cn3)nc2cc1F. The van der Waals surface area contributed by atoms with Crippen molar-refractivity contribution in [3.8, 4) is 23.2 Å². The zero-order valence-corrected chi connectivity index (χ0v) is 15.8. The molecular formula is C20H15FN4O5. The van der Waals surface area contributed by atoms with Gasteiger partial charge in [-0.05, 0) is 31.0 Å². The van der Waals surface area contributed by atoms with E-state index in [0.29, 0.717) is 5.75 Å². The number of rotatable bonds is 4. The molecule has 2 aromatic carbocycles. The van der Waals surface area contributed by atoms with Crippen molar-refractivity contribution < 1.29 is 23.8 Å². The number of ether oxygens (including phenoxy) is 2. The number of aromatic amines is 1. The van der Waals surface area contributed by atoms with Gasteiger partial charge in [-0.25, -0.2) is 18.9 Å². The van der Waals surface area contributed by atoms with E-state index in [1.54, 1.807) is 0 Å². The fraction of sp³-hybridized carbons (Fsp3) is 0.100. The van der Waals surface area contributed by atoms with E-state index in [1.165, 1.54) is 12.3 Å². The van der Waals surface area contributed by atoms with Crippen LogP contribution in [0.1, 0.15) is 11.1 Å². The molecule has 0 atom stereocenters. The van der Waals surface area contributed by atoms with Crippen molar-refractivity contribution in [3.05, 3.63) is 70.0 Å². The van der Waals surface area contributed by atoms with Gasteiger partial charge in [0.05, 0.1) is 23.3 Å². The molecule has 0 aliphatic carbocycles. The van der Waals surface area contributed by atoms with Crippen LogP contribution in [-0.4, -0.2) is 31.0 Å². The molecule has 30 heavy (non-hydrogen) atoms. The first kappa shape index (κ1) is 19.1. The van der Waals surface area contributed by atoms with Crippen LogP contribution < -0.4 is 15.0 Å². The van der Waals surface area contributed by atoms with Crippen LogP contribution >= 0.6 is 0 Å². The number of carbonyl (C=O) groups is 1. The third-order valence-corrected chi connectivity index (χ3v) is 4.35. The van der Waals surface area contributed by atoms with E-state index < -0.39 is 17.5 Å². The van der Waals surface area contributed by atoms with Crippen LogP contribution in [0.15, 0.2) is 47.5 Å². The number of benzene rings is 2. The summed E-state index contributed by atoms with van der Waals surface area (Å²) in [6.07, 6.45) is 0.848. The summed E-state index contributed by atoms with van der Waals surface area (Å²) in [5.74, 6) is -0.371. The Kier molecular flexibility index (Phi) is 4.66. The predicted octanol–water partition coefficient (Wildman–Crippen LogP) is 3.71. The Balaban J connectivity index is 1.75. The number of halogens is 1. The lowest BCUT2D eigenvalue weighted by Crippen LogP contribution is -2.14. The largest absolute Gasteiger partial charge is 0.511 e. The number of H-pyrrole nitrogens is 1. The highest BCUT2D eigenvalue weighted by atomic mass is 19.1. The normalized spacial score (nSPS) is 10.9. The first-order valence-electron chi connectivity index (χ1n) is 8.75. The van der Waals surface area contributed by atoms with Crippen LogP contribution in [0.5, 0.6) is 17.2 Å². The topological polar surface area (TPSA) is 119 Å². The standard InChI is InChI=1S/C20H15FN4O5/c1-10-4-3-5-11(2)17(10)30-16-6-13-15(7-14(16)21)23-19(24-18(13)26)25-9-12(8-22-25)29-20(27)28/h3-9H,1-2H3,(H,27,28)(H,23,24,26). The molecule has 0 bridgehead atoms. The Morgan fingerprint density at radius 3 is 2.67 bits per heavy atom. The zero-order valence-electron chi connectivity index (χ0n) is 15.8. The maximum Gasteiger partial charge on any atom is 0.511 e. The summed E-state index contributed by atoms with van der Waals surface area (Å²) in [7, 11) is 0. The number of aromatic nitrogens is 4. The minimum atomic E-state index is -1.51. The Hall–Kier alpha value is -4.21. The average molecular weight is 410 g/mol. The average Bonchev–Trinajstić information content (AvgIpc) is 3.13. The first-order valence-corrected chi connectivity index (χ1v) is 8.75. The lowest BCUT2D eigenvalue weighted by atomic mass is 10.1. The van der Waals surface area contributed by atoms with Crippen molar-refractivity contribution in [1.82, 2.24) is 19.7 Å². The molecule has 2 N–H and O–H groups in total. The van der Waals surface area contributed by atoms with Gasteiger partial charge in [-0.3, -0.25) is 9.78 Å². The van der Waals surface area contributed by atoms with Gasteiger partial charge in [0.25, 0.3) is 5.56 Å². The van der Waals surface area contributed by atoms with Gasteiger partial charge in [0.1, 0.15) is 5.75 Å². The van der Waals surface area contributed by atoms with E-state index in [4.69, 9.17) is 9.84 Å². The van der Waals surface area contributed by atoms with Crippen molar-refractivity contribution >= 4 is 17.1 Å². The molecule has 0 amide bonds. The van der Waals surface area contributed by atoms with Crippen LogP contribution in [0.2, 0.25) is 0 Å². The van der Waals surface area contributed by atoms with E-state index in [-0.39, 0.29) is 28.4 Å². The maximum atomic E-state index is 14.7. The molecule has 0 radical (unpaired) electrons. The minimum Gasteiger partial charge on any atom is -0.454 e. The van der Waals surface area contributed by atoms with E-state index in [1.807, 2.05) is 32.0 Å². The quantitative estimate of drug-likeness (QED) is 0.492. The molecule has 4 rings (SSSR count). The number of fused-ring (bicyclic) bond motifs is 1. The number of hydrogen-bond acceptors (Lipinski definition) is 6. The third-order valence-electron chi connectivity index (χ3n) is 4.35. The summed E-state index contributed by atoms with van der Waals surface area (Å²) in [5.41, 5.74) is 1.19. The van der Waals surface area contributed by atoms with E-state index >= 15 is 0 Å². The van der Waals surface area contributed by atoms with Crippen LogP contribution in [0.25, 0.3) is 16.9 Å². The first-order chi connectivity index (χ1) is 14.3. The monoisotopic (exact) mass is 410 g/mol. The number of nitrogens with one attached hydrogen (secondary N) is 1. The molecule has 0 spiro atoms. The molecule has 0 aliphatic heterocycles. The Morgan fingerprint density at radius 1 is 1.23 bits per heavy atom. The van der Waals surface area contributed by atoms with Gasteiger partial charge < -0.3 is 14.6 Å². The van der Waals surface area contributed by atoms with Crippen molar-refractivity contribution in [2.24, 2.45) is 0 Å². The van der Waals surface area contributed by atoms with Crippen LogP contribution in [-0.2, 0) is 0 Å². The van der Waals surface area contributed by atoms with Gasteiger partial charge in [0.15, 0.2) is 17.3 Å². The molecule has 10 heteroatoms. The van der Waals surface area contributed by atoms with Crippen molar-refractivity contribution in [2.45, 2.75) is 13.8 Å². The second-order valence-corrected chi connectivity index (χ2v) is 6.50. The maximum absolute atomic E-state index is 14.7. The lowest BCUT2D eigenvalue weighted by Gasteiger charge is -2.13. The highest BCUT2D eigenvalue weighted by molar-refractivity contribution is 5.80. The Labute approximate surface area is 168 Å². The van der Waals surface area contributed by atoms with Gasteiger partial charge in [-0.2, -0.15) is 5.10 Å². The van der Waals surface area contributed by atoms with E-state index in [2.05, 4.69) is 19.8 Å². The molecule has 0 saturated heterocycles. The lowest BCUT2D eigenvalue weighted by molar-refractivity contribution is 0.144. The molecule has 152 valence electrons. The van der Waals surface area contributed by atoms with Crippen LogP contribution in [0.3, 0.4) is 0 Å². The second-order valence-electron chi connectivity index (χ2n) is 6.50. The third kappa shape index (κ3) is 3.58. The number of nitrogens with zero attached hydrogens (tertiary/aromatic N) is 3. The molecule has 2 heterocycles. The summed E-state index contributed by atoms with van der Waals surface area (Å²) in [6, 6.07) is 7.93.